The molecule has 3 heterocycles. The molecule has 2 aromatic rings. The Balaban J connectivity index is 1.41. The quantitative estimate of drug-likeness (QED) is 0.784. The number of likely N-dealkylation sites (tertiary alicyclic amines) is 1. The summed E-state index contributed by atoms with van der Waals surface area (Å²) in [5, 5.41) is 3.25. The number of fused-ring (bicyclic) bond motifs is 1. The van der Waals surface area contributed by atoms with Gasteiger partial charge < -0.3 is 15.1 Å². The van der Waals surface area contributed by atoms with Crippen LogP contribution in [-0.2, 0) is 4.79 Å². The van der Waals surface area contributed by atoms with Gasteiger partial charge in [-0.05, 0) is 56.7 Å². The van der Waals surface area contributed by atoms with Crippen molar-refractivity contribution in [3.63, 3.8) is 0 Å². The SMILES string of the molecule is Cc1cccc(C(=O)N2CCC[C@@]3(C(=O)NCC4CC4)CN(c4ncccn4)C[C@H]3C2)c1. The molecule has 1 saturated carbocycles. The third-order valence-corrected chi connectivity index (χ3v) is 7.27. The predicted octanol–water partition coefficient (Wildman–Crippen LogP) is 2.67. The smallest absolute Gasteiger partial charge is 0.253 e. The van der Waals surface area contributed by atoms with Crippen LogP contribution < -0.4 is 10.2 Å². The van der Waals surface area contributed by atoms with Crippen LogP contribution >= 0.6 is 0 Å². The van der Waals surface area contributed by atoms with Crippen molar-refractivity contribution >= 4 is 17.8 Å². The van der Waals surface area contributed by atoms with Crippen molar-refractivity contribution in [2.24, 2.45) is 17.3 Å². The van der Waals surface area contributed by atoms with Crippen LogP contribution in [0.2, 0.25) is 0 Å². The zero-order chi connectivity index (χ0) is 22.1. The third-order valence-electron chi connectivity index (χ3n) is 7.27. The molecule has 1 aromatic heterocycles. The normalized spacial score (nSPS) is 25.2. The maximum Gasteiger partial charge on any atom is 0.253 e. The number of aromatic nitrogens is 2. The molecule has 0 radical (unpaired) electrons. The fourth-order valence-corrected chi connectivity index (χ4v) is 5.29. The number of hydrogen-bond donors (Lipinski definition) is 1. The standard InChI is InChI=1S/C25H31N5O2/c1-18-5-2-6-20(13-18)22(31)29-12-3-9-25(23(32)28-14-19-7-8-19)17-30(16-21(25)15-29)24-26-10-4-11-27-24/h2,4-6,10-11,13,19,21H,3,7-9,12,14-17H2,1H3,(H,28,32)/t21-,25-/m1/s1. The monoisotopic (exact) mass is 433 g/mol. The number of nitrogens with one attached hydrogen (secondary N) is 1. The van der Waals surface area contributed by atoms with Crippen molar-refractivity contribution < 1.29 is 9.59 Å². The van der Waals surface area contributed by atoms with Crippen molar-refractivity contribution in [3.05, 3.63) is 53.9 Å². The molecule has 32 heavy (non-hydrogen) atoms. The molecule has 2 amide bonds. The Morgan fingerprint density at radius 1 is 1.16 bits per heavy atom. The number of benzene rings is 1. The number of anilines is 1. The van der Waals surface area contributed by atoms with Gasteiger partial charge in [-0.2, -0.15) is 0 Å². The second kappa shape index (κ2) is 8.52. The Morgan fingerprint density at radius 2 is 1.97 bits per heavy atom. The molecule has 1 aliphatic carbocycles. The van der Waals surface area contributed by atoms with Crippen LogP contribution in [0.25, 0.3) is 0 Å². The van der Waals surface area contributed by atoms with Gasteiger partial charge in [0.05, 0.1) is 5.41 Å². The minimum Gasteiger partial charge on any atom is -0.355 e. The van der Waals surface area contributed by atoms with E-state index in [-0.39, 0.29) is 17.7 Å². The highest BCUT2D eigenvalue weighted by Gasteiger charge is 2.54. The van der Waals surface area contributed by atoms with Crippen molar-refractivity contribution in [1.29, 1.82) is 0 Å². The molecule has 0 bridgehead atoms. The number of hydrogen-bond acceptors (Lipinski definition) is 5. The number of carbonyl (C=O) groups is 2. The van der Waals surface area contributed by atoms with Crippen LogP contribution in [0.5, 0.6) is 0 Å². The van der Waals surface area contributed by atoms with Crippen molar-refractivity contribution in [2.75, 3.05) is 37.6 Å². The molecule has 5 rings (SSSR count). The summed E-state index contributed by atoms with van der Waals surface area (Å²) < 4.78 is 0. The summed E-state index contributed by atoms with van der Waals surface area (Å²) in [7, 11) is 0. The summed E-state index contributed by atoms with van der Waals surface area (Å²) in [4.78, 5) is 39.8. The number of rotatable bonds is 5. The van der Waals surface area contributed by atoms with Crippen LogP contribution in [0.1, 0.15) is 41.6 Å². The molecule has 2 saturated heterocycles. The Morgan fingerprint density at radius 3 is 2.72 bits per heavy atom. The van der Waals surface area contributed by atoms with E-state index in [4.69, 9.17) is 0 Å². The molecule has 1 aromatic carbocycles. The number of carbonyl (C=O) groups excluding carboxylic acids is 2. The largest absolute Gasteiger partial charge is 0.355 e. The zero-order valence-electron chi connectivity index (χ0n) is 18.7. The molecular formula is C25H31N5O2. The van der Waals surface area contributed by atoms with E-state index in [0.29, 0.717) is 38.0 Å². The van der Waals surface area contributed by atoms with Crippen LogP contribution in [0.4, 0.5) is 5.95 Å². The molecular weight excluding hydrogens is 402 g/mol. The summed E-state index contributed by atoms with van der Waals surface area (Å²) in [5.74, 6) is 1.53. The van der Waals surface area contributed by atoms with Crippen molar-refractivity contribution in [3.8, 4) is 0 Å². The maximum atomic E-state index is 13.6. The average molecular weight is 434 g/mol. The summed E-state index contributed by atoms with van der Waals surface area (Å²) in [6, 6.07) is 9.57. The molecule has 168 valence electrons. The lowest BCUT2D eigenvalue weighted by atomic mass is 9.74. The van der Waals surface area contributed by atoms with E-state index in [0.717, 1.165) is 30.5 Å². The summed E-state index contributed by atoms with van der Waals surface area (Å²) in [6.07, 6.45) is 7.48. The molecule has 3 fully saturated rings. The molecule has 0 unspecified atom stereocenters. The minimum absolute atomic E-state index is 0.0433. The van der Waals surface area contributed by atoms with E-state index in [1.807, 2.05) is 36.1 Å². The first kappa shape index (κ1) is 20.9. The van der Waals surface area contributed by atoms with Crippen molar-refractivity contribution in [2.45, 2.75) is 32.6 Å². The van der Waals surface area contributed by atoms with E-state index in [1.165, 1.54) is 12.8 Å². The van der Waals surface area contributed by atoms with E-state index >= 15 is 0 Å². The Kier molecular flexibility index (Phi) is 5.57. The Hall–Kier alpha value is -2.96. The van der Waals surface area contributed by atoms with E-state index < -0.39 is 5.41 Å². The van der Waals surface area contributed by atoms with E-state index in [1.54, 1.807) is 18.5 Å². The average Bonchev–Trinajstić information content (AvgIpc) is 3.60. The van der Waals surface area contributed by atoms with Gasteiger partial charge in [0.25, 0.3) is 5.91 Å². The highest BCUT2D eigenvalue weighted by molar-refractivity contribution is 5.94. The lowest BCUT2D eigenvalue weighted by Crippen LogP contribution is -2.48. The first-order chi connectivity index (χ1) is 15.5. The summed E-state index contributed by atoms with van der Waals surface area (Å²) in [5.41, 5.74) is 1.28. The summed E-state index contributed by atoms with van der Waals surface area (Å²) in [6.45, 7) is 5.31. The fraction of sp³-hybridized carbons (Fsp3) is 0.520. The first-order valence-corrected chi connectivity index (χ1v) is 11.7. The lowest BCUT2D eigenvalue weighted by molar-refractivity contribution is -0.132. The number of nitrogens with zero attached hydrogens (tertiary/aromatic N) is 4. The molecule has 1 N–H and O–H groups in total. The Labute approximate surface area is 189 Å². The molecule has 0 spiro atoms. The molecule has 7 heteroatoms. The highest BCUT2D eigenvalue weighted by atomic mass is 16.2. The van der Waals surface area contributed by atoms with Crippen molar-refractivity contribution in [1.82, 2.24) is 20.2 Å². The van der Waals surface area contributed by atoms with Gasteiger partial charge in [-0.15, -0.1) is 0 Å². The van der Waals surface area contributed by atoms with Crippen LogP contribution in [0.15, 0.2) is 42.7 Å². The second-order valence-corrected chi connectivity index (χ2v) is 9.66. The molecule has 2 aliphatic heterocycles. The summed E-state index contributed by atoms with van der Waals surface area (Å²) >= 11 is 0. The highest BCUT2D eigenvalue weighted by Crippen LogP contribution is 2.44. The van der Waals surface area contributed by atoms with Gasteiger partial charge in [-0.3, -0.25) is 9.59 Å². The van der Waals surface area contributed by atoms with Gasteiger partial charge >= 0.3 is 0 Å². The van der Waals surface area contributed by atoms with Gasteiger partial charge in [0.15, 0.2) is 0 Å². The Bertz CT molecular complexity index is 993. The van der Waals surface area contributed by atoms with Gasteiger partial charge in [-0.25, -0.2) is 9.97 Å². The van der Waals surface area contributed by atoms with Gasteiger partial charge in [0.2, 0.25) is 11.9 Å². The molecule has 2 atom stereocenters. The maximum absolute atomic E-state index is 13.6. The number of aryl methyl sites for hydroxylation is 1. The lowest BCUT2D eigenvalue weighted by Gasteiger charge is -2.32. The van der Waals surface area contributed by atoms with Crippen LogP contribution in [0, 0.1) is 24.2 Å². The van der Waals surface area contributed by atoms with Gasteiger partial charge in [0.1, 0.15) is 0 Å². The predicted molar refractivity (Wildman–Crippen MR) is 122 cm³/mol. The minimum atomic E-state index is -0.518. The second-order valence-electron chi connectivity index (χ2n) is 9.66. The van der Waals surface area contributed by atoms with Crippen LogP contribution in [-0.4, -0.2) is 59.4 Å². The fourth-order valence-electron chi connectivity index (χ4n) is 5.29. The van der Waals surface area contributed by atoms with E-state index in [2.05, 4.69) is 20.2 Å². The van der Waals surface area contributed by atoms with Crippen LogP contribution in [0.3, 0.4) is 0 Å². The van der Waals surface area contributed by atoms with Gasteiger partial charge in [0, 0.05) is 56.6 Å². The molecule has 7 nitrogen and oxygen atoms in total. The third kappa shape index (κ3) is 4.08. The topological polar surface area (TPSA) is 78.4 Å². The zero-order valence-corrected chi connectivity index (χ0v) is 18.7. The number of amides is 2. The van der Waals surface area contributed by atoms with Gasteiger partial charge in [-0.1, -0.05) is 17.7 Å². The first-order valence-electron chi connectivity index (χ1n) is 11.7. The molecule has 3 aliphatic rings. The van der Waals surface area contributed by atoms with E-state index in [9.17, 15) is 9.59 Å².